The lowest BCUT2D eigenvalue weighted by molar-refractivity contribution is -0.145. The summed E-state index contributed by atoms with van der Waals surface area (Å²) in [6, 6.07) is 6.31. The first-order chi connectivity index (χ1) is 13.4. The highest BCUT2D eigenvalue weighted by atomic mass is 32.2. The van der Waals surface area contributed by atoms with Gasteiger partial charge in [-0.1, -0.05) is 30.3 Å². The molecule has 2 aromatic carbocycles. The Morgan fingerprint density at radius 1 is 1.17 bits per heavy atom. The van der Waals surface area contributed by atoms with E-state index in [1.165, 1.54) is 31.2 Å². The summed E-state index contributed by atoms with van der Waals surface area (Å²) in [7, 11) is -4.47. The van der Waals surface area contributed by atoms with E-state index >= 15 is 0 Å². The van der Waals surface area contributed by atoms with Gasteiger partial charge >= 0.3 is 12.1 Å². The van der Waals surface area contributed by atoms with Gasteiger partial charge in [-0.3, -0.25) is 9.35 Å². The number of alkyl halides is 3. The Kier molecular flexibility index (Phi) is 6.85. The maximum Gasteiger partial charge on any atom is 0.417 e. The Hall–Kier alpha value is -2.66. The Balaban J connectivity index is 2.47. The zero-order valence-electron chi connectivity index (χ0n) is 15.2. The number of carbonyl (C=O) groups excluding carboxylic acids is 2. The van der Waals surface area contributed by atoms with Crippen molar-refractivity contribution in [2.24, 2.45) is 0 Å². The van der Waals surface area contributed by atoms with Crippen LogP contribution >= 0.6 is 0 Å². The molecule has 0 aliphatic carbocycles. The molecule has 0 saturated heterocycles. The average molecular weight is 433 g/mol. The Morgan fingerprint density at radius 3 is 2.41 bits per heavy atom. The summed E-state index contributed by atoms with van der Waals surface area (Å²) in [5, 5.41) is 2.49. The fourth-order valence-electron chi connectivity index (χ4n) is 2.74. The molecular formula is C18H18F3NO6S. The molecule has 0 aromatic heterocycles. The van der Waals surface area contributed by atoms with Crippen molar-refractivity contribution in [3.63, 3.8) is 0 Å². The molecule has 0 bridgehead atoms. The summed E-state index contributed by atoms with van der Waals surface area (Å²) in [6.45, 7) is 1.37. The third-order valence-corrected chi connectivity index (χ3v) is 4.75. The number of rotatable bonds is 7. The fourth-order valence-corrected chi connectivity index (χ4v) is 3.27. The lowest BCUT2D eigenvalue weighted by Crippen LogP contribution is -2.43. The van der Waals surface area contributed by atoms with Crippen LogP contribution in [0.2, 0.25) is 0 Å². The first-order valence-corrected chi connectivity index (χ1v) is 10.1. The highest BCUT2D eigenvalue weighted by Gasteiger charge is 2.37. The van der Waals surface area contributed by atoms with Crippen LogP contribution in [0.25, 0.3) is 10.8 Å². The molecule has 0 radical (unpaired) electrons. The Morgan fingerprint density at radius 2 is 1.83 bits per heavy atom. The van der Waals surface area contributed by atoms with Gasteiger partial charge in [-0.25, -0.2) is 4.79 Å². The lowest BCUT2D eigenvalue weighted by Gasteiger charge is -2.20. The molecule has 0 spiro atoms. The predicted octanol–water partition coefficient (Wildman–Crippen LogP) is 2.80. The summed E-state index contributed by atoms with van der Waals surface area (Å²) < 4.78 is 76.0. The van der Waals surface area contributed by atoms with E-state index in [1.54, 1.807) is 6.07 Å². The van der Waals surface area contributed by atoms with Crippen LogP contribution in [0.15, 0.2) is 36.4 Å². The van der Waals surface area contributed by atoms with Crippen molar-refractivity contribution in [3.8, 4) is 0 Å². The lowest BCUT2D eigenvalue weighted by atomic mass is 9.97. The van der Waals surface area contributed by atoms with E-state index in [-0.39, 0.29) is 12.0 Å². The molecule has 0 aliphatic rings. The Bertz CT molecular complexity index is 1020. The number of hydrogen-bond donors (Lipinski definition) is 2. The normalized spacial score (nSPS) is 13.1. The van der Waals surface area contributed by atoms with E-state index in [2.05, 4.69) is 5.32 Å². The summed E-state index contributed by atoms with van der Waals surface area (Å²) in [4.78, 5) is 24.8. The van der Waals surface area contributed by atoms with Crippen molar-refractivity contribution in [1.82, 2.24) is 5.32 Å². The molecule has 1 atom stereocenters. The van der Waals surface area contributed by atoms with Crippen LogP contribution in [0, 0.1) is 0 Å². The second kappa shape index (κ2) is 8.78. The van der Waals surface area contributed by atoms with Crippen molar-refractivity contribution in [3.05, 3.63) is 47.5 Å². The molecule has 1 amide bonds. The molecule has 2 aromatic rings. The zero-order chi connectivity index (χ0) is 21.8. The van der Waals surface area contributed by atoms with Crippen LogP contribution in [0.5, 0.6) is 0 Å². The highest BCUT2D eigenvalue weighted by Crippen LogP contribution is 2.35. The predicted molar refractivity (Wildman–Crippen MR) is 97.9 cm³/mol. The van der Waals surface area contributed by atoms with Crippen molar-refractivity contribution in [2.75, 3.05) is 12.4 Å². The third-order valence-electron chi connectivity index (χ3n) is 4.00. The van der Waals surface area contributed by atoms with Gasteiger partial charge in [0, 0.05) is 0 Å². The summed E-state index contributed by atoms with van der Waals surface area (Å²) in [6.07, 6.45) is -5.42. The van der Waals surface area contributed by atoms with Gasteiger partial charge in [0.2, 0.25) is 0 Å². The maximum atomic E-state index is 13.5. The number of halogens is 3. The number of hydrogen-bond acceptors (Lipinski definition) is 5. The first kappa shape index (κ1) is 22.6. The molecule has 0 aliphatic heterocycles. The number of esters is 1. The minimum absolute atomic E-state index is 0.0113. The molecule has 0 unspecified atom stereocenters. The van der Waals surface area contributed by atoms with Gasteiger partial charge in [-0.15, -0.1) is 0 Å². The van der Waals surface area contributed by atoms with Gasteiger partial charge in [0.05, 0.1) is 23.5 Å². The van der Waals surface area contributed by atoms with Gasteiger partial charge in [0.25, 0.3) is 16.0 Å². The Labute approximate surface area is 164 Å². The van der Waals surface area contributed by atoms with Gasteiger partial charge in [0.15, 0.2) is 0 Å². The summed E-state index contributed by atoms with van der Waals surface area (Å²) in [5.41, 5.74) is -1.90. The SMILES string of the molecule is CCOC(=O)[C@H](CCS(=O)(=O)O)NC(=O)c1c(C(F)(F)F)ccc2ccccc12. The van der Waals surface area contributed by atoms with Crippen molar-refractivity contribution >= 4 is 32.8 Å². The average Bonchev–Trinajstić information content (AvgIpc) is 2.62. The number of fused-ring (bicyclic) bond motifs is 1. The molecule has 0 fully saturated rings. The van der Waals surface area contributed by atoms with Crippen molar-refractivity contribution in [1.29, 1.82) is 0 Å². The minimum atomic E-state index is -4.84. The highest BCUT2D eigenvalue weighted by molar-refractivity contribution is 7.85. The monoisotopic (exact) mass is 433 g/mol. The number of benzene rings is 2. The van der Waals surface area contributed by atoms with Crippen LogP contribution in [-0.4, -0.2) is 43.2 Å². The van der Waals surface area contributed by atoms with Gasteiger partial charge in [-0.2, -0.15) is 21.6 Å². The van der Waals surface area contributed by atoms with Crippen molar-refractivity contribution < 1.29 is 40.5 Å². The van der Waals surface area contributed by atoms with E-state index in [0.29, 0.717) is 5.39 Å². The molecular weight excluding hydrogens is 415 g/mol. The molecule has 2 N–H and O–H groups in total. The molecule has 11 heteroatoms. The van der Waals surface area contributed by atoms with E-state index in [4.69, 9.17) is 9.29 Å². The number of nitrogens with one attached hydrogen (secondary N) is 1. The van der Waals surface area contributed by atoms with Crippen LogP contribution in [-0.2, 0) is 25.8 Å². The first-order valence-electron chi connectivity index (χ1n) is 8.45. The van der Waals surface area contributed by atoms with E-state index in [0.717, 1.165) is 6.07 Å². The summed E-state index contributed by atoms with van der Waals surface area (Å²) in [5.74, 6) is -3.14. The van der Waals surface area contributed by atoms with Crippen LogP contribution < -0.4 is 5.32 Å². The standard InChI is InChI=1S/C18H18F3NO6S/c1-2-28-17(24)14(9-10-29(25,26)27)22-16(23)15-12-6-4-3-5-11(12)7-8-13(15)18(19,20)21/h3-8,14H,2,9-10H2,1H3,(H,22,23)(H,25,26,27)/t14-/m0/s1. The molecule has 7 nitrogen and oxygen atoms in total. The maximum absolute atomic E-state index is 13.5. The molecule has 29 heavy (non-hydrogen) atoms. The van der Waals surface area contributed by atoms with Gasteiger partial charge < -0.3 is 10.1 Å². The van der Waals surface area contributed by atoms with Gasteiger partial charge in [0.1, 0.15) is 6.04 Å². The molecule has 0 saturated carbocycles. The van der Waals surface area contributed by atoms with Crippen LogP contribution in [0.1, 0.15) is 29.3 Å². The van der Waals surface area contributed by atoms with Gasteiger partial charge in [-0.05, 0) is 30.2 Å². The largest absolute Gasteiger partial charge is 0.464 e. The van der Waals surface area contributed by atoms with E-state index < -0.39 is 57.5 Å². The zero-order valence-corrected chi connectivity index (χ0v) is 16.0. The second-order valence-corrected chi connectivity index (χ2v) is 7.63. The van der Waals surface area contributed by atoms with E-state index in [1.807, 2.05) is 0 Å². The summed E-state index contributed by atoms with van der Waals surface area (Å²) >= 11 is 0. The molecule has 0 heterocycles. The third kappa shape index (κ3) is 5.91. The van der Waals surface area contributed by atoms with Crippen LogP contribution in [0.3, 0.4) is 0 Å². The van der Waals surface area contributed by atoms with Crippen molar-refractivity contribution in [2.45, 2.75) is 25.6 Å². The smallest absolute Gasteiger partial charge is 0.417 e. The minimum Gasteiger partial charge on any atom is -0.464 e. The fraction of sp³-hybridized carbons (Fsp3) is 0.333. The number of carbonyl (C=O) groups is 2. The van der Waals surface area contributed by atoms with Crippen LogP contribution in [0.4, 0.5) is 13.2 Å². The molecule has 158 valence electrons. The number of ether oxygens (including phenoxy) is 1. The topological polar surface area (TPSA) is 110 Å². The number of amides is 1. The van der Waals surface area contributed by atoms with E-state index in [9.17, 15) is 31.2 Å². The second-order valence-electron chi connectivity index (χ2n) is 6.06. The quantitative estimate of drug-likeness (QED) is 0.513. The molecule has 2 rings (SSSR count).